The van der Waals surface area contributed by atoms with Crippen molar-refractivity contribution in [3.05, 3.63) is 34.9 Å². The lowest BCUT2D eigenvalue weighted by atomic mass is 10.0. The van der Waals surface area contributed by atoms with Crippen molar-refractivity contribution < 1.29 is 9.84 Å². The van der Waals surface area contributed by atoms with Crippen molar-refractivity contribution in [2.24, 2.45) is 4.99 Å². The van der Waals surface area contributed by atoms with Crippen LogP contribution in [-0.2, 0) is 4.74 Å². The van der Waals surface area contributed by atoms with Gasteiger partial charge in [0.1, 0.15) is 0 Å². The van der Waals surface area contributed by atoms with Crippen molar-refractivity contribution in [3.8, 4) is 0 Å². The van der Waals surface area contributed by atoms with Crippen LogP contribution in [0.2, 0.25) is 5.02 Å². The second-order valence-electron chi connectivity index (χ2n) is 6.02. The number of halogens is 2. The molecule has 136 valence electrons. The molecule has 3 N–H and O–H groups in total. The monoisotopic (exact) mass is 467 g/mol. The third kappa shape index (κ3) is 6.38. The van der Waals surface area contributed by atoms with E-state index in [1.165, 1.54) is 0 Å². The van der Waals surface area contributed by atoms with E-state index in [1.54, 1.807) is 6.07 Å². The van der Waals surface area contributed by atoms with Crippen LogP contribution in [0.15, 0.2) is 29.3 Å². The summed E-state index contributed by atoms with van der Waals surface area (Å²) >= 11 is 6.11. The Hall–Kier alpha value is -0.570. The molecule has 2 atom stereocenters. The maximum atomic E-state index is 10.3. The molecular weight excluding hydrogens is 441 g/mol. The van der Waals surface area contributed by atoms with E-state index in [2.05, 4.69) is 22.5 Å². The zero-order valence-electron chi connectivity index (χ0n) is 14.2. The summed E-state index contributed by atoms with van der Waals surface area (Å²) in [5, 5.41) is 17.2. The molecule has 1 aliphatic heterocycles. The van der Waals surface area contributed by atoms with Crippen LogP contribution in [0.1, 0.15) is 38.4 Å². The lowest BCUT2D eigenvalue weighted by molar-refractivity contribution is 0.0283. The van der Waals surface area contributed by atoms with Crippen LogP contribution in [0, 0.1) is 0 Å². The van der Waals surface area contributed by atoms with Crippen LogP contribution < -0.4 is 10.6 Å². The summed E-state index contributed by atoms with van der Waals surface area (Å²) in [5.74, 6) is 0.676. The van der Waals surface area contributed by atoms with Gasteiger partial charge in [-0.3, -0.25) is 4.99 Å². The van der Waals surface area contributed by atoms with Crippen molar-refractivity contribution in [1.29, 1.82) is 0 Å². The number of aliphatic imine (C=N–C) groups is 1. The molecule has 1 saturated heterocycles. The Balaban J connectivity index is 0.00000288. The Morgan fingerprint density at radius 1 is 1.42 bits per heavy atom. The summed E-state index contributed by atoms with van der Waals surface area (Å²) in [4.78, 5) is 4.58. The lowest BCUT2D eigenvalue weighted by Gasteiger charge is -2.22. The highest BCUT2D eigenvalue weighted by molar-refractivity contribution is 14.0. The van der Waals surface area contributed by atoms with E-state index in [-0.39, 0.29) is 29.6 Å². The number of benzene rings is 1. The van der Waals surface area contributed by atoms with Crippen molar-refractivity contribution >= 4 is 41.5 Å². The van der Waals surface area contributed by atoms with Gasteiger partial charge in [-0.15, -0.1) is 24.0 Å². The zero-order valence-corrected chi connectivity index (χ0v) is 17.3. The molecule has 7 heteroatoms. The van der Waals surface area contributed by atoms with E-state index in [4.69, 9.17) is 16.3 Å². The number of hydrogen-bond acceptors (Lipinski definition) is 3. The quantitative estimate of drug-likeness (QED) is 0.342. The van der Waals surface area contributed by atoms with Crippen molar-refractivity contribution in [3.63, 3.8) is 0 Å². The number of ether oxygens (including phenoxy) is 1. The first-order valence-electron chi connectivity index (χ1n) is 8.13. The van der Waals surface area contributed by atoms with Crippen LogP contribution in [0.25, 0.3) is 0 Å². The number of guanidine groups is 1. The first kappa shape index (κ1) is 21.5. The lowest BCUT2D eigenvalue weighted by Crippen LogP contribution is -2.41. The van der Waals surface area contributed by atoms with Gasteiger partial charge in [-0.25, -0.2) is 0 Å². The average Bonchev–Trinajstić information content (AvgIpc) is 2.97. The Bertz CT molecular complexity index is 536. The number of hydrogen-bond donors (Lipinski definition) is 3. The fourth-order valence-electron chi connectivity index (χ4n) is 2.60. The molecule has 0 bridgehead atoms. The van der Waals surface area contributed by atoms with Gasteiger partial charge >= 0.3 is 0 Å². The van der Waals surface area contributed by atoms with E-state index in [0.717, 1.165) is 26.0 Å². The first-order valence-corrected chi connectivity index (χ1v) is 8.50. The predicted molar refractivity (Wildman–Crippen MR) is 109 cm³/mol. The third-order valence-electron chi connectivity index (χ3n) is 3.94. The second kappa shape index (κ2) is 10.4. The minimum Gasteiger partial charge on any atom is -0.387 e. The maximum Gasteiger partial charge on any atom is 0.191 e. The van der Waals surface area contributed by atoms with Crippen LogP contribution in [0.4, 0.5) is 0 Å². The van der Waals surface area contributed by atoms with Crippen LogP contribution >= 0.6 is 35.6 Å². The van der Waals surface area contributed by atoms with Crippen molar-refractivity contribution in [2.45, 2.75) is 38.4 Å². The van der Waals surface area contributed by atoms with Gasteiger partial charge in [0, 0.05) is 30.3 Å². The fourth-order valence-corrected chi connectivity index (χ4v) is 2.86. The molecular formula is C17H27ClIN3O2. The summed E-state index contributed by atoms with van der Waals surface area (Å²) in [6, 6.07) is 7.31. The highest BCUT2D eigenvalue weighted by atomic mass is 127. The van der Waals surface area contributed by atoms with E-state index in [9.17, 15) is 5.11 Å². The molecule has 1 aromatic rings. The molecule has 0 aromatic heterocycles. The Labute approximate surface area is 166 Å². The molecule has 2 unspecified atom stereocenters. The van der Waals surface area contributed by atoms with Gasteiger partial charge in [-0.05, 0) is 32.8 Å². The molecule has 0 radical (unpaired) electrons. The molecule has 0 amide bonds. The van der Waals surface area contributed by atoms with E-state index >= 15 is 0 Å². The molecule has 0 saturated carbocycles. The zero-order chi connectivity index (χ0) is 16.7. The fraction of sp³-hybridized carbons (Fsp3) is 0.588. The Kier molecular flexibility index (Phi) is 9.33. The van der Waals surface area contributed by atoms with Gasteiger partial charge in [0.2, 0.25) is 0 Å². The van der Waals surface area contributed by atoms with E-state index in [1.807, 2.05) is 25.1 Å². The minimum atomic E-state index is -0.689. The van der Waals surface area contributed by atoms with Gasteiger partial charge in [0.25, 0.3) is 0 Å². The van der Waals surface area contributed by atoms with E-state index < -0.39 is 6.10 Å². The molecule has 1 heterocycles. The molecule has 0 spiro atoms. The van der Waals surface area contributed by atoms with Crippen molar-refractivity contribution in [2.75, 3.05) is 26.2 Å². The van der Waals surface area contributed by atoms with Crippen LogP contribution in [-0.4, -0.2) is 42.9 Å². The topological polar surface area (TPSA) is 65.9 Å². The largest absolute Gasteiger partial charge is 0.387 e. The van der Waals surface area contributed by atoms with Gasteiger partial charge in [-0.1, -0.05) is 29.8 Å². The minimum absolute atomic E-state index is 0. The maximum absolute atomic E-state index is 10.3. The van der Waals surface area contributed by atoms with Crippen LogP contribution in [0.5, 0.6) is 0 Å². The summed E-state index contributed by atoms with van der Waals surface area (Å²) in [6.45, 7) is 6.60. The third-order valence-corrected chi connectivity index (χ3v) is 4.29. The summed E-state index contributed by atoms with van der Waals surface area (Å²) in [5.41, 5.74) is 0.535. The molecule has 2 rings (SSSR count). The van der Waals surface area contributed by atoms with Gasteiger partial charge in [-0.2, -0.15) is 0 Å². The summed E-state index contributed by atoms with van der Waals surface area (Å²) in [6.07, 6.45) is 1.42. The summed E-state index contributed by atoms with van der Waals surface area (Å²) < 4.78 is 5.75. The molecule has 24 heavy (non-hydrogen) atoms. The Morgan fingerprint density at radius 2 is 2.17 bits per heavy atom. The molecule has 0 aliphatic carbocycles. The van der Waals surface area contributed by atoms with Crippen LogP contribution in [0.3, 0.4) is 0 Å². The molecule has 5 nitrogen and oxygen atoms in total. The molecule has 1 fully saturated rings. The van der Waals surface area contributed by atoms with Gasteiger partial charge in [0.05, 0.1) is 18.2 Å². The number of nitrogens with one attached hydrogen (secondary N) is 2. The van der Waals surface area contributed by atoms with Gasteiger partial charge < -0.3 is 20.5 Å². The second-order valence-corrected chi connectivity index (χ2v) is 6.42. The normalized spacial score (nSPS) is 21.9. The highest BCUT2D eigenvalue weighted by Crippen LogP contribution is 2.25. The molecule has 1 aliphatic rings. The number of aliphatic hydroxyl groups is 1. The standard InChI is InChI=1S/C17H26ClN3O2.HI/c1-3-19-16(21-12-17(2)9-6-10-23-17)20-11-15(22)13-7-4-5-8-14(13)18;/h4-5,7-8,15,22H,3,6,9-12H2,1-2H3,(H2,19,20,21);1H. The SMILES string of the molecule is CCNC(=NCC1(C)CCCO1)NCC(O)c1ccccc1Cl.I. The molecule has 1 aromatic carbocycles. The Morgan fingerprint density at radius 3 is 2.79 bits per heavy atom. The predicted octanol–water partition coefficient (Wildman–Crippen LogP) is 3.12. The number of aliphatic hydroxyl groups excluding tert-OH is 1. The number of rotatable bonds is 6. The van der Waals surface area contributed by atoms with E-state index in [0.29, 0.717) is 29.6 Å². The summed E-state index contributed by atoms with van der Waals surface area (Å²) in [7, 11) is 0. The first-order chi connectivity index (χ1) is 11.0. The smallest absolute Gasteiger partial charge is 0.191 e. The van der Waals surface area contributed by atoms with Gasteiger partial charge in [0.15, 0.2) is 5.96 Å². The highest BCUT2D eigenvalue weighted by Gasteiger charge is 2.29. The number of nitrogens with zero attached hydrogens (tertiary/aromatic N) is 1. The average molecular weight is 468 g/mol. The van der Waals surface area contributed by atoms with Crippen molar-refractivity contribution in [1.82, 2.24) is 10.6 Å².